The van der Waals surface area contributed by atoms with E-state index in [2.05, 4.69) is 0 Å². The minimum atomic E-state index is -3.31. The molecule has 0 aliphatic carbocycles. The SMILES string of the molecule is CS(=O)(=O)c1ccc(-c2sc3ccccc3c(=O)c2-c2ccc3c(c2)OCCO3)cc1. The van der Waals surface area contributed by atoms with Crippen LogP contribution in [0.4, 0.5) is 0 Å². The van der Waals surface area contributed by atoms with Gasteiger partial charge in [-0.2, -0.15) is 0 Å². The van der Waals surface area contributed by atoms with Crippen LogP contribution in [0, 0.1) is 0 Å². The molecule has 0 bridgehead atoms. The molecule has 0 N–H and O–H groups in total. The van der Waals surface area contributed by atoms with Crippen molar-refractivity contribution in [3.63, 3.8) is 0 Å². The Morgan fingerprint density at radius 1 is 0.839 bits per heavy atom. The van der Waals surface area contributed by atoms with Crippen molar-refractivity contribution >= 4 is 31.3 Å². The van der Waals surface area contributed by atoms with Gasteiger partial charge in [-0.3, -0.25) is 4.79 Å². The van der Waals surface area contributed by atoms with E-state index in [1.807, 2.05) is 42.5 Å². The van der Waals surface area contributed by atoms with Gasteiger partial charge in [0, 0.05) is 26.8 Å². The van der Waals surface area contributed by atoms with E-state index in [0.29, 0.717) is 35.7 Å². The number of ether oxygens (including phenoxy) is 2. The monoisotopic (exact) mass is 450 g/mol. The van der Waals surface area contributed by atoms with Crippen LogP contribution in [0.25, 0.3) is 31.7 Å². The van der Waals surface area contributed by atoms with Crippen LogP contribution < -0.4 is 14.9 Å². The minimum absolute atomic E-state index is 0.0757. The van der Waals surface area contributed by atoms with E-state index in [1.165, 1.54) is 17.6 Å². The highest BCUT2D eigenvalue weighted by Crippen LogP contribution is 2.40. The normalized spacial score (nSPS) is 13.3. The quantitative estimate of drug-likeness (QED) is 0.450. The van der Waals surface area contributed by atoms with E-state index in [4.69, 9.17) is 9.47 Å². The van der Waals surface area contributed by atoms with Crippen molar-refractivity contribution in [3.8, 4) is 33.1 Å². The van der Waals surface area contributed by atoms with Crippen LogP contribution in [0.15, 0.2) is 76.4 Å². The van der Waals surface area contributed by atoms with Gasteiger partial charge in [0.15, 0.2) is 26.8 Å². The summed E-state index contributed by atoms with van der Waals surface area (Å²) < 4.78 is 35.9. The summed E-state index contributed by atoms with van der Waals surface area (Å²) in [6.45, 7) is 0.954. The molecular weight excluding hydrogens is 432 g/mol. The summed E-state index contributed by atoms with van der Waals surface area (Å²) >= 11 is 1.50. The molecular formula is C24H18O5S2. The number of rotatable bonds is 3. The third kappa shape index (κ3) is 3.60. The molecule has 0 fully saturated rings. The highest BCUT2D eigenvalue weighted by atomic mass is 32.2. The summed E-state index contributed by atoms with van der Waals surface area (Å²) in [5.41, 5.74) is 2.00. The number of benzene rings is 3. The van der Waals surface area contributed by atoms with Crippen LogP contribution in [0.5, 0.6) is 11.5 Å². The first-order valence-electron chi connectivity index (χ1n) is 9.68. The first kappa shape index (κ1) is 19.8. The zero-order valence-corrected chi connectivity index (χ0v) is 18.3. The van der Waals surface area contributed by atoms with Crippen molar-refractivity contribution in [2.45, 2.75) is 4.90 Å². The zero-order chi connectivity index (χ0) is 21.6. The highest BCUT2D eigenvalue weighted by Gasteiger charge is 2.20. The fourth-order valence-corrected chi connectivity index (χ4v) is 5.49. The Morgan fingerprint density at radius 3 is 2.26 bits per heavy atom. The summed E-state index contributed by atoms with van der Waals surface area (Å²) in [5, 5.41) is 0.647. The molecule has 2 heterocycles. The number of fused-ring (bicyclic) bond motifs is 2. The molecule has 0 unspecified atom stereocenters. The average molecular weight is 451 g/mol. The maximum absolute atomic E-state index is 13.6. The number of hydrogen-bond acceptors (Lipinski definition) is 6. The third-order valence-electron chi connectivity index (χ3n) is 5.17. The smallest absolute Gasteiger partial charge is 0.196 e. The van der Waals surface area contributed by atoms with Crippen molar-refractivity contribution in [1.29, 1.82) is 0 Å². The minimum Gasteiger partial charge on any atom is -0.486 e. The Kier molecular flexibility index (Phi) is 4.79. The molecule has 3 aromatic carbocycles. The van der Waals surface area contributed by atoms with Gasteiger partial charge in [0.1, 0.15) is 13.2 Å². The Labute approximate surface area is 183 Å². The Hall–Kier alpha value is -3.16. The van der Waals surface area contributed by atoms with Crippen LogP contribution in [0.3, 0.4) is 0 Å². The molecule has 4 aromatic rings. The van der Waals surface area contributed by atoms with Gasteiger partial charge in [0.05, 0.1) is 4.90 Å². The van der Waals surface area contributed by atoms with Gasteiger partial charge >= 0.3 is 0 Å². The van der Waals surface area contributed by atoms with Gasteiger partial charge in [-0.25, -0.2) is 8.42 Å². The summed E-state index contributed by atoms with van der Waals surface area (Å²) in [6, 6.07) is 19.7. The lowest BCUT2D eigenvalue weighted by atomic mass is 10.00. The molecule has 0 saturated carbocycles. The van der Waals surface area contributed by atoms with Gasteiger partial charge < -0.3 is 9.47 Å². The van der Waals surface area contributed by atoms with Crippen LogP contribution in [-0.2, 0) is 9.84 Å². The van der Waals surface area contributed by atoms with Crippen molar-refractivity contribution in [2.24, 2.45) is 0 Å². The highest BCUT2D eigenvalue weighted by molar-refractivity contribution is 7.90. The second-order valence-electron chi connectivity index (χ2n) is 7.29. The first-order chi connectivity index (χ1) is 14.9. The van der Waals surface area contributed by atoms with Gasteiger partial charge in [0.2, 0.25) is 0 Å². The third-order valence-corrected chi connectivity index (χ3v) is 7.52. The Morgan fingerprint density at radius 2 is 1.52 bits per heavy atom. The summed E-state index contributed by atoms with van der Waals surface area (Å²) in [4.78, 5) is 14.6. The maximum Gasteiger partial charge on any atom is 0.196 e. The molecule has 1 aromatic heterocycles. The molecule has 1 aliphatic rings. The molecule has 156 valence electrons. The molecule has 0 spiro atoms. The predicted octanol–water partition coefficient (Wildman–Crippen LogP) is 4.77. The van der Waals surface area contributed by atoms with E-state index >= 15 is 0 Å². The standard InChI is InChI=1S/C24H18O5S2/c1-31(26,27)17-9-6-15(7-10-17)24-22(23(25)18-4-2-3-5-21(18)30-24)16-8-11-19-20(14-16)29-13-12-28-19/h2-11,14H,12-13H2,1H3. The lowest BCUT2D eigenvalue weighted by Crippen LogP contribution is -2.15. The Balaban J connectivity index is 1.77. The lowest BCUT2D eigenvalue weighted by molar-refractivity contribution is 0.171. The molecule has 5 rings (SSSR count). The van der Waals surface area contributed by atoms with Gasteiger partial charge in [-0.15, -0.1) is 11.3 Å². The maximum atomic E-state index is 13.6. The van der Waals surface area contributed by atoms with Crippen LogP contribution in [0.1, 0.15) is 0 Å². The summed E-state index contributed by atoms with van der Waals surface area (Å²) in [6.07, 6.45) is 1.18. The van der Waals surface area contributed by atoms with Gasteiger partial charge in [-0.1, -0.05) is 30.3 Å². The predicted molar refractivity (Wildman–Crippen MR) is 123 cm³/mol. The Bertz CT molecular complexity index is 1470. The molecule has 0 atom stereocenters. The van der Waals surface area contributed by atoms with Crippen molar-refractivity contribution in [1.82, 2.24) is 0 Å². The van der Waals surface area contributed by atoms with Crippen LogP contribution in [0.2, 0.25) is 0 Å². The topological polar surface area (TPSA) is 69.7 Å². The second-order valence-corrected chi connectivity index (χ2v) is 10.4. The fourth-order valence-electron chi connectivity index (χ4n) is 3.66. The number of sulfone groups is 1. The van der Waals surface area contributed by atoms with E-state index < -0.39 is 9.84 Å². The molecule has 0 radical (unpaired) electrons. The van der Waals surface area contributed by atoms with E-state index in [-0.39, 0.29) is 10.3 Å². The van der Waals surface area contributed by atoms with Crippen LogP contribution in [-0.4, -0.2) is 27.9 Å². The van der Waals surface area contributed by atoms with E-state index in [0.717, 1.165) is 20.7 Å². The zero-order valence-electron chi connectivity index (χ0n) is 16.6. The summed E-state index contributed by atoms with van der Waals surface area (Å²) in [5.74, 6) is 1.27. The average Bonchev–Trinajstić information content (AvgIpc) is 2.78. The molecule has 0 saturated heterocycles. The van der Waals surface area contributed by atoms with Crippen molar-refractivity contribution in [3.05, 3.63) is 77.0 Å². The molecule has 1 aliphatic heterocycles. The number of hydrogen-bond donors (Lipinski definition) is 0. The van der Waals surface area contributed by atoms with Crippen LogP contribution >= 0.6 is 11.3 Å². The second kappa shape index (κ2) is 7.51. The molecule has 31 heavy (non-hydrogen) atoms. The van der Waals surface area contributed by atoms with Gasteiger partial charge in [0.25, 0.3) is 0 Å². The molecule has 5 nitrogen and oxygen atoms in total. The summed E-state index contributed by atoms with van der Waals surface area (Å²) in [7, 11) is -3.31. The first-order valence-corrected chi connectivity index (χ1v) is 12.4. The van der Waals surface area contributed by atoms with E-state index in [9.17, 15) is 13.2 Å². The largest absolute Gasteiger partial charge is 0.486 e. The fraction of sp³-hybridized carbons (Fsp3) is 0.125. The van der Waals surface area contributed by atoms with Gasteiger partial charge in [-0.05, 0) is 47.5 Å². The van der Waals surface area contributed by atoms with Crippen molar-refractivity contribution < 1.29 is 17.9 Å². The molecule has 0 amide bonds. The molecule has 7 heteroatoms. The van der Waals surface area contributed by atoms with Crippen molar-refractivity contribution in [2.75, 3.05) is 19.5 Å². The lowest BCUT2D eigenvalue weighted by Gasteiger charge is -2.19. The van der Waals surface area contributed by atoms with E-state index in [1.54, 1.807) is 24.3 Å².